The van der Waals surface area contributed by atoms with Crippen LogP contribution in [-0.2, 0) is 16.0 Å². The minimum absolute atomic E-state index is 0.110. The molecule has 1 atom stereocenters. The average molecular weight is 234 g/mol. The summed E-state index contributed by atoms with van der Waals surface area (Å²) in [5, 5.41) is 8.86. The third-order valence-corrected chi connectivity index (χ3v) is 2.97. The highest BCUT2D eigenvalue weighted by atomic mass is 16.4. The molecule has 1 aliphatic heterocycles. The molecule has 3 N–H and O–H groups in total. The van der Waals surface area contributed by atoms with Crippen molar-refractivity contribution in [3.63, 3.8) is 0 Å². The van der Waals surface area contributed by atoms with Crippen molar-refractivity contribution in [1.82, 2.24) is 0 Å². The standard InChI is InChI=1S/C12H14N2O3/c13-12(17)9-5-8-3-1-2-4-10(8)14(6-9)7-11(15)16/h1-4,9H,5-7H2,(H2,13,17)(H,15,16). The fourth-order valence-corrected chi connectivity index (χ4v) is 2.19. The van der Waals surface area contributed by atoms with E-state index in [0.717, 1.165) is 11.3 Å². The summed E-state index contributed by atoms with van der Waals surface area (Å²) in [5.41, 5.74) is 7.16. The number of nitrogens with two attached hydrogens (primary N) is 1. The number of carbonyl (C=O) groups is 2. The van der Waals surface area contributed by atoms with E-state index in [2.05, 4.69) is 0 Å². The van der Waals surface area contributed by atoms with Gasteiger partial charge in [-0.05, 0) is 18.1 Å². The van der Waals surface area contributed by atoms with Gasteiger partial charge in [0, 0.05) is 12.2 Å². The number of fused-ring (bicyclic) bond motifs is 1. The quantitative estimate of drug-likeness (QED) is 0.784. The number of para-hydroxylation sites is 1. The highest BCUT2D eigenvalue weighted by molar-refractivity contribution is 5.81. The third kappa shape index (κ3) is 2.38. The van der Waals surface area contributed by atoms with Gasteiger partial charge < -0.3 is 15.7 Å². The summed E-state index contributed by atoms with van der Waals surface area (Å²) in [6.07, 6.45) is 0.585. The Kier molecular flexibility index (Phi) is 2.99. The number of hydrogen-bond acceptors (Lipinski definition) is 3. The van der Waals surface area contributed by atoms with Crippen LogP contribution in [0.3, 0.4) is 0 Å². The second-order valence-electron chi connectivity index (χ2n) is 4.21. The molecular formula is C12H14N2O3. The summed E-state index contributed by atoms with van der Waals surface area (Å²) >= 11 is 0. The Balaban J connectivity index is 2.32. The number of benzene rings is 1. The van der Waals surface area contributed by atoms with Crippen molar-refractivity contribution in [3.8, 4) is 0 Å². The molecule has 1 aliphatic rings. The van der Waals surface area contributed by atoms with E-state index in [0.29, 0.717) is 13.0 Å². The Hall–Kier alpha value is -2.04. The van der Waals surface area contributed by atoms with Gasteiger partial charge in [0.1, 0.15) is 6.54 Å². The van der Waals surface area contributed by atoms with Crippen LogP contribution in [0.2, 0.25) is 0 Å². The van der Waals surface area contributed by atoms with Gasteiger partial charge in [-0.15, -0.1) is 0 Å². The number of carboxylic acid groups (broad SMARTS) is 1. The Bertz CT molecular complexity index is 459. The molecule has 17 heavy (non-hydrogen) atoms. The number of carboxylic acids is 1. The van der Waals surface area contributed by atoms with Crippen LogP contribution in [0.5, 0.6) is 0 Å². The smallest absolute Gasteiger partial charge is 0.323 e. The first-order chi connectivity index (χ1) is 8.08. The number of primary amides is 1. The molecular weight excluding hydrogens is 220 g/mol. The van der Waals surface area contributed by atoms with Crippen LogP contribution in [-0.4, -0.2) is 30.1 Å². The van der Waals surface area contributed by atoms with Gasteiger partial charge in [-0.1, -0.05) is 18.2 Å². The minimum Gasteiger partial charge on any atom is -0.480 e. The predicted octanol–water partition coefficient (Wildman–Crippen LogP) is 0.235. The predicted molar refractivity (Wildman–Crippen MR) is 62.7 cm³/mol. The average Bonchev–Trinajstić information content (AvgIpc) is 2.28. The van der Waals surface area contributed by atoms with E-state index in [1.165, 1.54) is 0 Å². The molecule has 0 aromatic heterocycles. The first kappa shape index (κ1) is 11.4. The highest BCUT2D eigenvalue weighted by Gasteiger charge is 2.28. The van der Waals surface area contributed by atoms with Gasteiger partial charge in [0.25, 0.3) is 0 Å². The second kappa shape index (κ2) is 4.45. The molecule has 0 fully saturated rings. The molecule has 0 aliphatic carbocycles. The zero-order valence-electron chi connectivity index (χ0n) is 9.30. The van der Waals surface area contributed by atoms with Crippen molar-refractivity contribution in [3.05, 3.63) is 29.8 Å². The molecule has 0 bridgehead atoms. The molecule has 2 rings (SSSR count). The molecule has 1 amide bonds. The molecule has 5 nitrogen and oxygen atoms in total. The maximum atomic E-state index is 11.2. The Morgan fingerprint density at radius 3 is 2.76 bits per heavy atom. The van der Waals surface area contributed by atoms with Crippen molar-refractivity contribution >= 4 is 17.6 Å². The van der Waals surface area contributed by atoms with E-state index in [9.17, 15) is 9.59 Å². The monoisotopic (exact) mass is 234 g/mol. The number of amides is 1. The molecule has 0 spiro atoms. The number of anilines is 1. The lowest BCUT2D eigenvalue weighted by Gasteiger charge is -2.33. The summed E-state index contributed by atoms with van der Waals surface area (Å²) in [5.74, 6) is -1.61. The number of aliphatic carboxylic acids is 1. The third-order valence-electron chi connectivity index (χ3n) is 2.97. The molecule has 1 aromatic carbocycles. The van der Waals surface area contributed by atoms with Crippen molar-refractivity contribution in [2.75, 3.05) is 18.0 Å². The van der Waals surface area contributed by atoms with Gasteiger partial charge >= 0.3 is 5.97 Å². The van der Waals surface area contributed by atoms with Crippen molar-refractivity contribution in [2.45, 2.75) is 6.42 Å². The van der Waals surface area contributed by atoms with Crippen LogP contribution in [0.4, 0.5) is 5.69 Å². The lowest BCUT2D eigenvalue weighted by molar-refractivity contribution is -0.135. The van der Waals surface area contributed by atoms with E-state index >= 15 is 0 Å². The van der Waals surface area contributed by atoms with Crippen LogP contribution in [0.25, 0.3) is 0 Å². The number of hydrogen-bond donors (Lipinski definition) is 2. The summed E-state index contributed by atoms with van der Waals surface area (Å²) in [6.45, 7) is 0.263. The lowest BCUT2D eigenvalue weighted by Crippen LogP contribution is -2.43. The Labute approximate surface area is 98.8 Å². The largest absolute Gasteiger partial charge is 0.480 e. The van der Waals surface area contributed by atoms with Crippen LogP contribution in [0.1, 0.15) is 5.56 Å². The van der Waals surface area contributed by atoms with Crippen LogP contribution in [0, 0.1) is 5.92 Å². The number of nitrogens with zero attached hydrogens (tertiary/aromatic N) is 1. The maximum absolute atomic E-state index is 11.2. The molecule has 0 radical (unpaired) electrons. The van der Waals surface area contributed by atoms with Gasteiger partial charge in [0.05, 0.1) is 5.92 Å². The van der Waals surface area contributed by atoms with Gasteiger partial charge in [0.15, 0.2) is 0 Å². The molecule has 0 saturated heterocycles. The Morgan fingerprint density at radius 2 is 2.12 bits per heavy atom. The maximum Gasteiger partial charge on any atom is 0.323 e. The zero-order chi connectivity index (χ0) is 12.4. The molecule has 1 heterocycles. The van der Waals surface area contributed by atoms with E-state index in [4.69, 9.17) is 10.8 Å². The summed E-state index contributed by atoms with van der Waals surface area (Å²) in [7, 11) is 0. The van der Waals surface area contributed by atoms with E-state index in [1.54, 1.807) is 4.90 Å². The van der Waals surface area contributed by atoms with Crippen molar-refractivity contribution in [2.24, 2.45) is 11.7 Å². The lowest BCUT2D eigenvalue weighted by atomic mass is 9.92. The summed E-state index contributed by atoms with van der Waals surface area (Å²) in [6, 6.07) is 7.51. The number of carbonyl (C=O) groups excluding carboxylic acids is 1. The fraction of sp³-hybridized carbons (Fsp3) is 0.333. The van der Waals surface area contributed by atoms with Crippen LogP contribution < -0.4 is 10.6 Å². The van der Waals surface area contributed by atoms with E-state index < -0.39 is 5.97 Å². The second-order valence-corrected chi connectivity index (χ2v) is 4.21. The highest BCUT2D eigenvalue weighted by Crippen LogP contribution is 2.29. The fourth-order valence-electron chi connectivity index (χ4n) is 2.19. The van der Waals surface area contributed by atoms with E-state index in [-0.39, 0.29) is 18.4 Å². The molecule has 1 aromatic rings. The molecule has 5 heteroatoms. The van der Waals surface area contributed by atoms with Gasteiger partial charge in [-0.25, -0.2) is 0 Å². The number of rotatable bonds is 3. The summed E-state index contributed by atoms with van der Waals surface area (Å²) < 4.78 is 0. The first-order valence-corrected chi connectivity index (χ1v) is 5.42. The summed E-state index contributed by atoms with van der Waals surface area (Å²) in [4.78, 5) is 23.7. The van der Waals surface area contributed by atoms with Gasteiger partial charge in [-0.3, -0.25) is 9.59 Å². The van der Waals surface area contributed by atoms with Gasteiger partial charge in [-0.2, -0.15) is 0 Å². The zero-order valence-corrected chi connectivity index (χ0v) is 9.30. The Morgan fingerprint density at radius 1 is 1.41 bits per heavy atom. The normalized spacial score (nSPS) is 18.6. The molecule has 0 saturated carbocycles. The van der Waals surface area contributed by atoms with Crippen LogP contribution >= 0.6 is 0 Å². The van der Waals surface area contributed by atoms with Gasteiger partial charge in [0.2, 0.25) is 5.91 Å². The van der Waals surface area contributed by atoms with Crippen molar-refractivity contribution in [1.29, 1.82) is 0 Å². The first-order valence-electron chi connectivity index (χ1n) is 5.42. The molecule has 90 valence electrons. The van der Waals surface area contributed by atoms with Crippen LogP contribution in [0.15, 0.2) is 24.3 Å². The SMILES string of the molecule is NC(=O)C1Cc2ccccc2N(CC(=O)O)C1. The molecule has 1 unspecified atom stereocenters. The van der Waals surface area contributed by atoms with Crippen molar-refractivity contribution < 1.29 is 14.7 Å². The van der Waals surface area contributed by atoms with E-state index in [1.807, 2.05) is 24.3 Å². The minimum atomic E-state index is -0.912. The topological polar surface area (TPSA) is 83.6 Å².